The summed E-state index contributed by atoms with van der Waals surface area (Å²) in [5.74, 6) is 1.03. The molecule has 0 spiro atoms. The monoisotopic (exact) mass is 331 g/mol. The molecule has 1 fully saturated rings. The molecule has 2 nitrogen and oxygen atoms in total. The van der Waals surface area contributed by atoms with E-state index in [0.29, 0.717) is 27.8 Å². The van der Waals surface area contributed by atoms with E-state index in [2.05, 4.69) is 12.2 Å². The van der Waals surface area contributed by atoms with E-state index in [9.17, 15) is 4.79 Å². The zero-order chi connectivity index (χ0) is 14.5. The first-order valence-electron chi connectivity index (χ1n) is 6.93. The van der Waals surface area contributed by atoms with Crippen LogP contribution in [0.15, 0.2) is 23.1 Å². The van der Waals surface area contributed by atoms with Gasteiger partial charge in [-0.1, -0.05) is 43.0 Å². The number of nitrogens with one attached hydrogen (secondary N) is 1. The summed E-state index contributed by atoms with van der Waals surface area (Å²) in [6, 6.07) is 5.63. The molecule has 0 unspecified atom stereocenters. The molecule has 0 saturated heterocycles. The van der Waals surface area contributed by atoms with E-state index in [0.717, 1.165) is 11.3 Å². The Kier molecular flexibility index (Phi) is 6.06. The number of hydrogen-bond acceptors (Lipinski definition) is 2. The maximum Gasteiger partial charge on any atom is 0.230 e. The fourth-order valence-corrected chi connectivity index (χ4v) is 3.81. The Morgan fingerprint density at radius 2 is 2.10 bits per heavy atom. The van der Waals surface area contributed by atoms with Gasteiger partial charge in [-0.25, -0.2) is 0 Å². The molecule has 20 heavy (non-hydrogen) atoms. The van der Waals surface area contributed by atoms with E-state index in [4.69, 9.17) is 23.2 Å². The van der Waals surface area contributed by atoms with Crippen LogP contribution in [0.3, 0.4) is 0 Å². The van der Waals surface area contributed by atoms with Gasteiger partial charge in [0, 0.05) is 16.0 Å². The predicted molar refractivity (Wildman–Crippen MR) is 86.7 cm³/mol. The summed E-state index contributed by atoms with van der Waals surface area (Å²) in [5, 5.41) is 4.41. The Labute approximate surface area is 134 Å². The van der Waals surface area contributed by atoms with Crippen LogP contribution in [0.1, 0.15) is 32.6 Å². The van der Waals surface area contributed by atoms with Crippen LogP contribution in [0, 0.1) is 5.92 Å². The van der Waals surface area contributed by atoms with E-state index in [1.165, 1.54) is 31.0 Å². The van der Waals surface area contributed by atoms with Gasteiger partial charge in [0.05, 0.1) is 10.8 Å². The number of halogens is 2. The summed E-state index contributed by atoms with van der Waals surface area (Å²) in [5.41, 5.74) is 0. The molecule has 0 bridgehead atoms. The van der Waals surface area contributed by atoms with Crippen LogP contribution in [0.2, 0.25) is 10.0 Å². The Morgan fingerprint density at radius 3 is 2.85 bits per heavy atom. The van der Waals surface area contributed by atoms with Crippen molar-refractivity contribution in [1.29, 1.82) is 0 Å². The van der Waals surface area contributed by atoms with E-state index in [-0.39, 0.29) is 5.91 Å². The summed E-state index contributed by atoms with van der Waals surface area (Å²) >= 11 is 13.4. The van der Waals surface area contributed by atoms with Crippen molar-refractivity contribution in [2.45, 2.75) is 43.5 Å². The maximum absolute atomic E-state index is 12.0. The van der Waals surface area contributed by atoms with Crippen LogP contribution in [-0.4, -0.2) is 17.7 Å². The number of rotatable bonds is 4. The smallest absolute Gasteiger partial charge is 0.230 e. The Bertz CT molecular complexity index is 481. The standard InChI is InChI=1S/C15H19Cl2NOS/c1-10-4-2-3-5-13(10)18-15(19)9-20-14-8-11(16)6-7-12(14)17/h6-8,10,13H,2-5,9H2,1H3,(H,18,19)/t10-,13+/m1/s1. The van der Waals surface area contributed by atoms with Crippen LogP contribution in [-0.2, 0) is 4.79 Å². The Balaban J connectivity index is 1.84. The predicted octanol–water partition coefficient (Wildman–Crippen LogP) is 4.78. The first-order valence-corrected chi connectivity index (χ1v) is 8.67. The van der Waals surface area contributed by atoms with E-state index in [1.54, 1.807) is 18.2 Å². The molecule has 0 aromatic heterocycles. The minimum Gasteiger partial charge on any atom is -0.352 e. The van der Waals surface area contributed by atoms with Crippen molar-refractivity contribution < 1.29 is 4.79 Å². The highest BCUT2D eigenvalue weighted by Gasteiger charge is 2.22. The molecule has 2 rings (SSSR count). The average molecular weight is 332 g/mol. The van der Waals surface area contributed by atoms with Crippen LogP contribution < -0.4 is 5.32 Å². The quantitative estimate of drug-likeness (QED) is 0.804. The summed E-state index contributed by atoms with van der Waals surface area (Å²) < 4.78 is 0. The van der Waals surface area contributed by atoms with Crippen molar-refractivity contribution in [3.8, 4) is 0 Å². The number of thioether (sulfide) groups is 1. The van der Waals surface area contributed by atoms with Gasteiger partial charge in [-0.3, -0.25) is 4.79 Å². The second-order valence-electron chi connectivity index (χ2n) is 5.30. The Morgan fingerprint density at radius 1 is 1.35 bits per heavy atom. The van der Waals surface area contributed by atoms with Crippen molar-refractivity contribution in [2.75, 3.05) is 5.75 Å². The fraction of sp³-hybridized carbons (Fsp3) is 0.533. The molecule has 5 heteroatoms. The van der Waals surface area contributed by atoms with Gasteiger partial charge in [0.2, 0.25) is 5.91 Å². The Hall–Kier alpha value is -0.380. The molecule has 1 aromatic rings. The first-order chi connectivity index (χ1) is 9.56. The average Bonchev–Trinajstić information content (AvgIpc) is 2.42. The van der Waals surface area contributed by atoms with Crippen molar-refractivity contribution in [2.24, 2.45) is 5.92 Å². The number of carbonyl (C=O) groups excluding carboxylic acids is 1. The molecule has 1 N–H and O–H groups in total. The number of carbonyl (C=O) groups is 1. The van der Waals surface area contributed by atoms with Gasteiger partial charge in [-0.05, 0) is 37.0 Å². The highest BCUT2D eigenvalue weighted by molar-refractivity contribution is 8.00. The molecule has 2 atom stereocenters. The molecule has 0 heterocycles. The fourth-order valence-electron chi connectivity index (χ4n) is 2.51. The van der Waals surface area contributed by atoms with Crippen LogP contribution in [0.4, 0.5) is 0 Å². The number of hydrogen-bond donors (Lipinski definition) is 1. The van der Waals surface area contributed by atoms with Crippen LogP contribution >= 0.6 is 35.0 Å². The van der Waals surface area contributed by atoms with Crippen molar-refractivity contribution in [3.63, 3.8) is 0 Å². The van der Waals surface area contributed by atoms with E-state index >= 15 is 0 Å². The lowest BCUT2D eigenvalue weighted by molar-refractivity contribution is -0.119. The third kappa shape index (κ3) is 4.57. The van der Waals surface area contributed by atoms with E-state index in [1.807, 2.05) is 0 Å². The highest BCUT2D eigenvalue weighted by atomic mass is 35.5. The molecular formula is C15H19Cl2NOS. The lowest BCUT2D eigenvalue weighted by Crippen LogP contribution is -2.41. The third-order valence-electron chi connectivity index (χ3n) is 3.71. The molecule has 0 aliphatic heterocycles. The highest BCUT2D eigenvalue weighted by Crippen LogP contribution is 2.30. The summed E-state index contributed by atoms with van der Waals surface area (Å²) in [4.78, 5) is 12.9. The maximum atomic E-state index is 12.0. The number of benzene rings is 1. The van der Waals surface area contributed by atoms with Crippen LogP contribution in [0.25, 0.3) is 0 Å². The van der Waals surface area contributed by atoms with Crippen LogP contribution in [0.5, 0.6) is 0 Å². The van der Waals surface area contributed by atoms with Gasteiger partial charge in [-0.2, -0.15) is 0 Å². The largest absolute Gasteiger partial charge is 0.352 e. The SMILES string of the molecule is C[C@@H]1CCCC[C@@H]1NC(=O)CSc1cc(Cl)ccc1Cl. The molecule has 1 aliphatic carbocycles. The van der Waals surface area contributed by atoms with Gasteiger partial charge < -0.3 is 5.32 Å². The lowest BCUT2D eigenvalue weighted by Gasteiger charge is -2.29. The summed E-state index contributed by atoms with van der Waals surface area (Å²) in [6.45, 7) is 2.21. The van der Waals surface area contributed by atoms with Crippen molar-refractivity contribution >= 4 is 40.9 Å². The van der Waals surface area contributed by atoms with Crippen molar-refractivity contribution in [3.05, 3.63) is 28.2 Å². The second-order valence-corrected chi connectivity index (χ2v) is 7.16. The van der Waals surface area contributed by atoms with Gasteiger partial charge in [0.15, 0.2) is 0 Å². The molecule has 1 amide bonds. The van der Waals surface area contributed by atoms with Gasteiger partial charge >= 0.3 is 0 Å². The van der Waals surface area contributed by atoms with Gasteiger partial charge in [-0.15, -0.1) is 11.8 Å². The summed E-state index contributed by atoms with van der Waals surface area (Å²) in [6.07, 6.45) is 4.79. The minimum atomic E-state index is 0.0739. The third-order valence-corrected chi connectivity index (χ3v) is 5.44. The zero-order valence-corrected chi connectivity index (χ0v) is 13.8. The summed E-state index contributed by atoms with van der Waals surface area (Å²) in [7, 11) is 0. The topological polar surface area (TPSA) is 29.1 Å². The first kappa shape index (κ1) is 16.0. The molecule has 1 aliphatic rings. The minimum absolute atomic E-state index is 0.0739. The number of amides is 1. The normalized spacial score (nSPS) is 22.6. The zero-order valence-electron chi connectivity index (χ0n) is 11.5. The van der Waals surface area contributed by atoms with E-state index < -0.39 is 0 Å². The molecule has 110 valence electrons. The lowest BCUT2D eigenvalue weighted by atomic mass is 9.86. The van der Waals surface area contributed by atoms with Crippen molar-refractivity contribution in [1.82, 2.24) is 5.32 Å². The molecule has 1 saturated carbocycles. The molecule has 1 aromatic carbocycles. The molecule has 0 radical (unpaired) electrons. The molecular weight excluding hydrogens is 313 g/mol. The van der Waals surface area contributed by atoms with Gasteiger partial charge in [0.25, 0.3) is 0 Å². The second kappa shape index (κ2) is 7.58. The van der Waals surface area contributed by atoms with Gasteiger partial charge in [0.1, 0.15) is 0 Å².